The van der Waals surface area contributed by atoms with E-state index >= 15 is 0 Å². The maximum atomic E-state index is 13.8. The van der Waals surface area contributed by atoms with E-state index in [1.165, 1.54) is 11.6 Å². The molecule has 142 valence electrons. The predicted octanol–water partition coefficient (Wildman–Crippen LogP) is 5.72. The number of fused-ring (bicyclic) bond motifs is 2. The molecule has 1 aliphatic rings. The lowest BCUT2D eigenvalue weighted by Crippen LogP contribution is -2.19. The third kappa shape index (κ3) is 3.05. The van der Waals surface area contributed by atoms with Crippen molar-refractivity contribution in [3.8, 4) is 0 Å². The molecule has 0 radical (unpaired) electrons. The van der Waals surface area contributed by atoms with Gasteiger partial charge in [0.1, 0.15) is 11.6 Å². The van der Waals surface area contributed by atoms with Gasteiger partial charge < -0.3 is 4.98 Å². The topological polar surface area (TPSA) is 54.5 Å². The third-order valence-electron chi connectivity index (χ3n) is 6.36. The van der Waals surface area contributed by atoms with Crippen LogP contribution in [-0.2, 0) is 0 Å². The number of benzene rings is 1. The van der Waals surface area contributed by atoms with Crippen LogP contribution < -0.4 is 0 Å². The summed E-state index contributed by atoms with van der Waals surface area (Å²) in [6, 6.07) is 10.9. The van der Waals surface area contributed by atoms with E-state index in [2.05, 4.69) is 27.9 Å². The molecule has 3 heterocycles. The van der Waals surface area contributed by atoms with Gasteiger partial charge in [0.25, 0.3) is 0 Å². The Kier molecular flexibility index (Phi) is 4.30. The van der Waals surface area contributed by atoms with Crippen molar-refractivity contribution < 1.29 is 4.39 Å². The molecule has 1 aromatic carbocycles. The number of H-pyrrole nitrogens is 1. The highest BCUT2D eigenvalue weighted by Crippen LogP contribution is 2.42. The molecule has 0 aliphatic heterocycles. The van der Waals surface area contributed by atoms with E-state index in [9.17, 15) is 4.39 Å². The average molecular weight is 374 g/mol. The Hall–Kier alpha value is -2.82. The van der Waals surface area contributed by atoms with E-state index in [0.29, 0.717) is 17.8 Å². The molecule has 1 unspecified atom stereocenters. The molecule has 0 saturated heterocycles. The van der Waals surface area contributed by atoms with E-state index < -0.39 is 0 Å². The molecule has 28 heavy (non-hydrogen) atoms. The number of hydrogen-bond acceptors (Lipinski definition) is 3. The second-order valence-electron chi connectivity index (χ2n) is 7.96. The second-order valence-corrected chi connectivity index (χ2v) is 7.96. The molecule has 4 aromatic rings. The van der Waals surface area contributed by atoms with Crippen molar-refractivity contribution in [1.82, 2.24) is 19.9 Å². The first-order chi connectivity index (χ1) is 13.7. The number of aromatic nitrogens is 4. The maximum Gasteiger partial charge on any atom is 0.177 e. The summed E-state index contributed by atoms with van der Waals surface area (Å²) in [5.41, 5.74) is 3.92. The van der Waals surface area contributed by atoms with Crippen molar-refractivity contribution in [2.75, 3.05) is 0 Å². The maximum absolute atomic E-state index is 13.8. The highest BCUT2D eigenvalue weighted by molar-refractivity contribution is 5.82. The SMILES string of the molecule is CC(c1nc2ncccc2[nH]1)C1CCC(c2ccnc3ccc(F)cc23)CC1. The molecule has 5 heteroatoms. The van der Waals surface area contributed by atoms with Crippen LogP contribution in [0.1, 0.15) is 55.8 Å². The van der Waals surface area contributed by atoms with Crippen molar-refractivity contribution in [1.29, 1.82) is 0 Å². The van der Waals surface area contributed by atoms with E-state index in [4.69, 9.17) is 4.98 Å². The second kappa shape index (κ2) is 6.97. The summed E-state index contributed by atoms with van der Waals surface area (Å²) >= 11 is 0. The van der Waals surface area contributed by atoms with Gasteiger partial charge in [0.05, 0.1) is 11.0 Å². The third-order valence-corrected chi connectivity index (χ3v) is 6.36. The van der Waals surface area contributed by atoms with Gasteiger partial charge in [-0.05, 0) is 79.5 Å². The molecule has 1 atom stereocenters. The number of imidazole rings is 1. The van der Waals surface area contributed by atoms with Gasteiger partial charge in [-0.25, -0.2) is 14.4 Å². The number of rotatable bonds is 3. The molecular formula is C23H23FN4. The quantitative estimate of drug-likeness (QED) is 0.499. The van der Waals surface area contributed by atoms with E-state index in [1.54, 1.807) is 18.3 Å². The van der Waals surface area contributed by atoms with Crippen molar-refractivity contribution >= 4 is 22.1 Å². The van der Waals surface area contributed by atoms with Crippen molar-refractivity contribution in [3.05, 3.63) is 66.0 Å². The number of nitrogens with one attached hydrogen (secondary N) is 1. The van der Waals surface area contributed by atoms with Crippen LogP contribution in [0.3, 0.4) is 0 Å². The molecular weight excluding hydrogens is 351 g/mol. The zero-order valence-corrected chi connectivity index (χ0v) is 15.9. The summed E-state index contributed by atoms with van der Waals surface area (Å²) in [4.78, 5) is 16.9. The Balaban J connectivity index is 1.34. The summed E-state index contributed by atoms with van der Waals surface area (Å²) in [6.45, 7) is 2.26. The van der Waals surface area contributed by atoms with Crippen LogP contribution in [0, 0.1) is 11.7 Å². The van der Waals surface area contributed by atoms with E-state index in [0.717, 1.165) is 53.6 Å². The molecule has 0 amide bonds. The van der Waals surface area contributed by atoms with Crippen LogP contribution in [-0.4, -0.2) is 19.9 Å². The minimum absolute atomic E-state index is 0.192. The van der Waals surface area contributed by atoms with Crippen LogP contribution in [0.4, 0.5) is 4.39 Å². The van der Waals surface area contributed by atoms with Gasteiger partial charge in [0, 0.05) is 23.7 Å². The van der Waals surface area contributed by atoms with Crippen LogP contribution in [0.5, 0.6) is 0 Å². The van der Waals surface area contributed by atoms with E-state index in [-0.39, 0.29) is 5.82 Å². The van der Waals surface area contributed by atoms with Crippen molar-refractivity contribution in [2.45, 2.75) is 44.4 Å². The largest absolute Gasteiger partial charge is 0.340 e. The fourth-order valence-electron chi connectivity index (χ4n) is 4.73. The Labute approximate surface area is 163 Å². The van der Waals surface area contributed by atoms with E-state index in [1.807, 2.05) is 18.3 Å². The Morgan fingerprint density at radius 2 is 1.89 bits per heavy atom. The first-order valence-corrected chi connectivity index (χ1v) is 10.0. The number of hydrogen-bond donors (Lipinski definition) is 1. The molecule has 1 saturated carbocycles. The van der Waals surface area contributed by atoms with Crippen LogP contribution >= 0.6 is 0 Å². The Morgan fingerprint density at radius 3 is 2.71 bits per heavy atom. The van der Waals surface area contributed by atoms with Crippen LogP contribution in [0.2, 0.25) is 0 Å². The zero-order chi connectivity index (χ0) is 19.1. The lowest BCUT2D eigenvalue weighted by Gasteiger charge is -2.32. The molecule has 3 aromatic heterocycles. The number of aromatic amines is 1. The lowest BCUT2D eigenvalue weighted by molar-refractivity contribution is 0.286. The molecule has 0 spiro atoms. The standard InChI is InChI=1S/C23H23FN4/c1-14(22-27-21-3-2-11-26-23(21)28-22)15-4-6-16(7-5-15)18-10-12-25-20-9-8-17(24)13-19(18)20/h2-3,8-16H,4-7H2,1H3,(H,26,27,28). The monoisotopic (exact) mass is 374 g/mol. The summed E-state index contributed by atoms with van der Waals surface area (Å²) in [7, 11) is 0. The smallest absolute Gasteiger partial charge is 0.177 e. The van der Waals surface area contributed by atoms with Gasteiger partial charge in [0.2, 0.25) is 0 Å². The Bertz CT molecular complexity index is 1090. The van der Waals surface area contributed by atoms with Gasteiger partial charge >= 0.3 is 0 Å². The van der Waals surface area contributed by atoms with Gasteiger partial charge in [-0.3, -0.25) is 4.98 Å². The molecule has 1 aliphatic carbocycles. The number of pyridine rings is 2. The van der Waals surface area contributed by atoms with Gasteiger partial charge in [-0.1, -0.05) is 6.92 Å². The average Bonchev–Trinajstić information content (AvgIpc) is 3.17. The van der Waals surface area contributed by atoms with Crippen molar-refractivity contribution in [2.24, 2.45) is 5.92 Å². The highest BCUT2D eigenvalue weighted by atomic mass is 19.1. The fraction of sp³-hybridized carbons (Fsp3) is 0.348. The molecule has 1 fully saturated rings. The molecule has 5 rings (SSSR count). The summed E-state index contributed by atoms with van der Waals surface area (Å²) in [5, 5.41) is 0.961. The van der Waals surface area contributed by atoms with Crippen molar-refractivity contribution in [3.63, 3.8) is 0 Å². The Morgan fingerprint density at radius 1 is 1.04 bits per heavy atom. The normalized spacial score (nSPS) is 21.2. The number of halogens is 1. The lowest BCUT2D eigenvalue weighted by atomic mass is 9.73. The minimum Gasteiger partial charge on any atom is -0.340 e. The first-order valence-electron chi connectivity index (χ1n) is 10.0. The summed E-state index contributed by atoms with van der Waals surface area (Å²) in [5.74, 6) is 2.28. The van der Waals surface area contributed by atoms with Gasteiger partial charge in [0.15, 0.2) is 5.65 Å². The summed E-state index contributed by atoms with van der Waals surface area (Å²) < 4.78 is 13.8. The molecule has 4 nitrogen and oxygen atoms in total. The highest BCUT2D eigenvalue weighted by Gasteiger charge is 2.29. The summed E-state index contributed by atoms with van der Waals surface area (Å²) in [6.07, 6.45) is 8.16. The molecule has 1 N–H and O–H groups in total. The van der Waals surface area contributed by atoms with Gasteiger partial charge in [-0.15, -0.1) is 0 Å². The zero-order valence-electron chi connectivity index (χ0n) is 15.9. The van der Waals surface area contributed by atoms with Gasteiger partial charge in [-0.2, -0.15) is 0 Å². The van der Waals surface area contributed by atoms with Crippen LogP contribution in [0.25, 0.3) is 22.1 Å². The molecule has 0 bridgehead atoms. The fourth-order valence-corrected chi connectivity index (χ4v) is 4.73. The first kappa shape index (κ1) is 17.3. The number of nitrogens with zero attached hydrogens (tertiary/aromatic N) is 3. The minimum atomic E-state index is -0.192. The van der Waals surface area contributed by atoms with Crippen LogP contribution in [0.15, 0.2) is 48.8 Å². The predicted molar refractivity (Wildman–Crippen MR) is 109 cm³/mol.